The van der Waals surface area contributed by atoms with Crippen LogP contribution < -0.4 is 0 Å². The van der Waals surface area contributed by atoms with E-state index in [1.54, 1.807) is 6.92 Å². The second kappa shape index (κ2) is 4.48. The molecule has 0 atom stereocenters. The maximum atomic E-state index is 13.6. The Kier molecular flexibility index (Phi) is 2.99. The molecular formula is C11H8FN3O4. The lowest BCUT2D eigenvalue weighted by Crippen LogP contribution is -2.07. The molecule has 0 aliphatic heterocycles. The van der Waals surface area contributed by atoms with Crippen LogP contribution in [0.3, 0.4) is 0 Å². The summed E-state index contributed by atoms with van der Waals surface area (Å²) in [5.41, 5.74) is -0.668. The van der Waals surface area contributed by atoms with Crippen molar-refractivity contribution in [2.24, 2.45) is 0 Å². The molecule has 0 fully saturated rings. The summed E-state index contributed by atoms with van der Waals surface area (Å²) in [6.45, 7) is 1.72. The second-order valence-corrected chi connectivity index (χ2v) is 3.85. The molecule has 2 aromatic rings. The van der Waals surface area contributed by atoms with Gasteiger partial charge in [0.15, 0.2) is 0 Å². The molecule has 0 amide bonds. The smallest absolute Gasteiger partial charge is 0.338 e. The zero-order valence-electron chi connectivity index (χ0n) is 9.70. The first-order valence-electron chi connectivity index (χ1n) is 5.13. The molecule has 0 radical (unpaired) electrons. The molecule has 1 heterocycles. The number of aromatic carboxylic acids is 1. The van der Waals surface area contributed by atoms with Crippen molar-refractivity contribution in [3.63, 3.8) is 0 Å². The highest BCUT2D eigenvalue weighted by Gasteiger charge is 2.23. The van der Waals surface area contributed by atoms with Crippen LogP contribution in [0, 0.1) is 22.9 Å². The minimum absolute atomic E-state index is 0.124. The lowest BCUT2D eigenvalue weighted by atomic mass is 10.1. The number of aromatic nitrogens is 2. The van der Waals surface area contributed by atoms with Crippen molar-refractivity contribution in [3.8, 4) is 5.69 Å². The Labute approximate surface area is 106 Å². The van der Waals surface area contributed by atoms with Gasteiger partial charge in [-0.1, -0.05) is 0 Å². The number of hydrogen-bond donors (Lipinski definition) is 1. The van der Waals surface area contributed by atoms with Crippen LogP contribution >= 0.6 is 0 Å². The monoisotopic (exact) mass is 265 g/mol. The highest BCUT2D eigenvalue weighted by molar-refractivity contribution is 5.89. The SMILES string of the molecule is Cc1cnn(-c2cc(F)c(C(=O)O)cc2[N+](=O)[O-])c1. The summed E-state index contributed by atoms with van der Waals surface area (Å²) in [6, 6.07) is 1.47. The number of benzene rings is 1. The van der Waals surface area contributed by atoms with Gasteiger partial charge in [-0.25, -0.2) is 13.9 Å². The first-order valence-corrected chi connectivity index (χ1v) is 5.13. The van der Waals surface area contributed by atoms with Gasteiger partial charge in [-0.05, 0) is 12.5 Å². The third kappa shape index (κ3) is 2.28. The van der Waals surface area contributed by atoms with Crippen molar-refractivity contribution in [2.45, 2.75) is 6.92 Å². The minimum Gasteiger partial charge on any atom is -0.478 e. The van der Waals surface area contributed by atoms with Gasteiger partial charge in [-0.2, -0.15) is 5.10 Å². The van der Waals surface area contributed by atoms with E-state index >= 15 is 0 Å². The minimum atomic E-state index is -1.57. The third-order valence-corrected chi connectivity index (χ3v) is 2.45. The molecule has 0 bridgehead atoms. The number of nitrogens with zero attached hydrogens (tertiary/aromatic N) is 3. The van der Waals surface area contributed by atoms with Gasteiger partial charge in [-0.15, -0.1) is 0 Å². The molecule has 2 rings (SSSR count). The quantitative estimate of drug-likeness (QED) is 0.675. The van der Waals surface area contributed by atoms with Crippen LogP contribution in [0.2, 0.25) is 0 Å². The van der Waals surface area contributed by atoms with Gasteiger partial charge >= 0.3 is 5.97 Å². The standard InChI is InChI=1S/C11H8FN3O4/c1-6-4-13-14(5-6)9-3-8(12)7(11(16)17)2-10(9)15(18)19/h2-5H,1H3,(H,16,17). The molecule has 7 nitrogen and oxygen atoms in total. The molecular weight excluding hydrogens is 257 g/mol. The predicted octanol–water partition coefficient (Wildman–Crippen LogP) is 1.93. The van der Waals surface area contributed by atoms with E-state index < -0.39 is 28.0 Å². The van der Waals surface area contributed by atoms with Crippen LogP contribution in [0.1, 0.15) is 15.9 Å². The zero-order valence-corrected chi connectivity index (χ0v) is 9.70. The molecule has 0 spiro atoms. The number of nitro groups is 1. The van der Waals surface area contributed by atoms with E-state index in [1.807, 2.05) is 0 Å². The average molecular weight is 265 g/mol. The fraction of sp³-hybridized carbons (Fsp3) is 0.0909. The Morgan fingerprint density at radius 1 is 1.53 bits per heavy atom. The Bertz CT molecular complexity index is 681. The van der Waals surface area contributed by atoms with Gasteiger partial charge in [0, 0.05) is 18.3 Å². The first kappa shape index (κ1) is 12.7. The lowest BCUT2D eigenvalue weighted by molar-refractivity contribution is -0.384. The number of carbonyl (C=O) groups is 1. The van der Waals surface area contributed by atoms with E-state index in [0.717, 1.165) is 16.3 Å². The Hall–Kier alpha value is -2.77. The molecule has 0 aliphatic rings. The summed E-state index contributed by atoms with van der Waals surface area (Å²) < 4.78 is 14.7. The van der Waals surface area contributed by atoms with E-state index in [1.165, 1.54) is 12.4 Å². The predicted molar refractivity (Wildman–Crippen MR) is 61.9 cm³/mol. The van der Waals surface area contributed by atoms with Crippen molar-refractivity contribution in [3.05, 3.63) is 51.6 Å². The van der Waals surface area contributed by atoms with Crippen molar-refractivity contribution < 1.29 is 19.2 Å². The van der Waals surface area contributed by atoms with Crippen LogP contribution in [-0.4, -0.2) is 25.8 Å². The summed E-state index contributed by atoms with van der Waals surface area (Å²) in [6.07, 6.45) is 2.93. The summed E-state index contributed by atoms with van der Waals surface area (Å²) in [5.74, 6) is -2.62. The molecule has 0 saturated carbocycles. The Morgan fingerprint density at radius 3 is 2.68 bits per heavy atom. The zero-order chi connectivity index (χ0) is 14.2. The number of aryl methyl sites for hydroxylation is 1. The van der Waals surface area contributed by atoms with Gasteiger partial charge in [0.1, 0.15) is 17.1 Å². The van der Waals surface area contributed by atoms with Crippen molar-refractivity contribution in [1.82, 2.24) is 9.78 Å². The fourth-order valence-electron chi connectivity index (χ4n) is 1.59. The summed E-state index contributed by atoms with van der Waals surface area (Å²) >= 11 is 0. The van der Waals surface area contributed by atoms with Crippen LogP contribution in [0.5, 0.6) is 0 Å². The Morgan fingerprint density at radius 2 is 2.21 bits per heavy atom. The van der Waals surface area contributed by atoms with E-state index in [4.69, 9.17) is 5.11 Å². The number of rotatable bonds is 3. The summed E-state index contributed by atoms with van der Waals surface area (Å²) in [7, 11) is 0. The fourth-order valence-corrected chi connectivity index (χ4v) is 1.59. The Balaban J connectivity index is 2.70. The van der Waals surface area contributed by atoms with Crippen molar-refractivity contribution >= 4 is 11.7 Å². The van der Waals surface area contributed by atoms with E-state index in [9.17, 15) is 19.3 Å². The number of halogens is 1. The van der Waals surface area contributed by atoms with Crippen LogP contribution in [-0.2, 0) is 0 Å². The molecule has 0 aliphatic carbocycles. The number of carboxylic acid groups (broad SMARTS) is 1. The van der Waals surface area contributed by atoms with Gasteiger partial charge < -0.3 is 5.11 Å². The summed E-state index contributed by atoms with van der Waals surface area (Å²) in [4.78, 5) is 20.9. The summed E-state index contributed by atoms with van der Waals surface area (Å²) in [5, 5.41) is 23.5. The van der Waals surface area contributed by atoms with Gasteiger partial charge in [-0.3, -0.25) is 10.1 Å². The largest absolute Gasteiger partial charge is 0.478 e. The van der Waals surface area contributed by atoms with Crippen molar-refractivity contribution in [2.75, 3.05) is 0 Å². The van der Waals surface area contributed by atoms with Crippen LogP contribution in [0.25, 0.3) is 5.69 Å². The highest BCUT2D eigenvalue weighted by Crippen LogP contribution is 2.26. The van der Waals surface area contributed by atoms with Crippen LogP contribution in [0.4, 0.5) is 10.1 Å². The topological polar surface area (TPSA) is 98.3 Å². The highest BCUT2D eigenvalue weighted by atomic mass is 19.1. The molecule has 0 saturated heterocycles. The van der Waals surface area contributed by atoms with Gasteiger partial charge in [0.25, 0.3) is 5.69 Å². The van der Waals surface area contributed by atoms with Gasteiger partial charge in [0.05, 0.1) is 11.1 Å². The average Bonchev–Trinajstić information content (AvgIpc) is 2.74. The molecule has 1 aromatic heterocycles. The maximum absolute atomic E-state index is 13.6. The van der Waals surface area contributed by atoms with Crippen LogP contribution in [0.15, 0.2) is 24.5 Å². The molecule has 1 N–H and O–H groups in total. The molecule has 8 heteroatoms. The second-order valence-electron chi connectivity index (χ2n) is 3.85. The first-order chi connectivity index (χ1) is 8.90. The van der Waals surface area contributed by atoms with E-state index in [2.05, 4.69) is 5.10 Å². The number of carboxylic acids is 1. The van der Waals surface area contributed by atoms with Gasteiger partial charge in [0.2, 0.25) is 0 Å². The number of nitro benzene ring substituents is 1. The molecule has 1 aromatic carbocycles. The molecule has 98 valence electrons. The molecule has 0 unspecified atom stereocenters. The van der Waals surface area contributed by atoms with E-state index in [-0.39, 0.29) is 5.69 Å². The normalized spacial score (nSPS) is 10.4. The lowest BCUT2D eigenvalue weighted by Gasteiger charge is -2.05. The maximum Gasteiger partial charge on any atom is 0.338 e. The third-order valence-electron chi connectivity index (χ3n) is 2.45. The van der Waals surface area contributed by atoms with Crippen molar-refractivity contribution in [1.29, 1.82) is 0 Å². The number of hydrogen-bond acceptors (Lipinski definition) is 4. The molecule has 19 heavy (non-hydrogen) atoms. The van der Waals surface area contributed by atoms with E-state index in [0.29, 0.717) is 6.07 Å².